The molecular weight excluding hydrogens is 214 g/mol. The van der Waals surface area contributed by atoms with Crippen LogP contribution in [-0.4, -0.2) is 11.9 Å². The smallest absolute Gasteiger partial charge is 0.319 e. The zero-order valence-corrected chi connectivity index (χ0v) is 7.30. The summed E-state index contributed by atoms with van der Waals surface area (Å²) in [6, 6.07) is -1.03. The first-order chi connectivity index (χ1) is 4.95. The number of amides is 3. The van der Waals surface area contributed by atoms with Crippen LogP contribution >= 0.6 is 34.8 Å². The predicted molar refractivity (Wildman–Crippen MR) is 42.3 cm³/mol. The van der Waals surface area contributed by atoms with Gasteiger partial charge >= 0.3 is 6.03 Å². The molecule has 0 radical (unpaired) electrons. The van der Waals surface area contributed by atoms with Crippen molar-refractivity contribution in [3.63, 3.8) is 0 Å². The minimum absolute atomic E-state index is 0.426. The lowest BCUT2D eigenvalue weighted by atomic mass is 10.6. The van der Waals surface area contributed by atoms with Crippen molar-refractivity contribution in [2.45, 2.75) is 0 Å². The second kappa shape index (κ2) is 4.43. The molecule has 0 saturated heterocycles. The van der Waals surface area contributed by atoms with Crippen LogP contribution in [0.2, 0.25) is 0 Å². The van der Waals surface area contributed by atoms with E-state index in [-0.39, 0.29) is 0 Å². The number of carbonyl (C=O) groups is 2. The van der Waals surface area contributed by atoms with Crippen LogP contribution in [0.5, 0.6) is 0 Å². The van der Waals surface area contributed by atoms with Crippen molar-refractivity contribution in [1.29, 1.82) is 0 Å². The Morgan fingerprint density at radius 1 is 1.18 bits per heavy atom. The molecule has 0 fully saturated rings. The van der Waals surface area contributed by atoms with Crippen LogP contribution in [-0.2, 0) is 4.79 Å². The Morgan fingerprint density at radius 3 is 1.91 bits per heavy atom. The van der Waals surface area contributed by atoms with E-state index in [1.54, 1.807) is 5.32 Å². The summed E-state index contributed by atoms with van der Waals surface area (Å²) in [4.78, 5) is 20.7. The highest BCUT2D eigenvalue weighted by Gasteiger charge is 2.11. The molecule has 0 heterocycles. The molecule has 0 saturated carbocycles. The van der Waals surface area contributed by atoms with Gasteiger partial charge in [-0.3, -0.25) is 10.1 Å². The predicted octanol–water partition coefficient (Wildman–Crippen LogP) is 1.07. The molecule has 0 atom stereocenters. The third kappa shape index (κ3) is 4.08. The lowest BCUT2D eigenvalue weighted by molar-refractivity contribution is -0.115. The monoisotopic (exact) mass is 216 g/mol. The van der Waals surface area contributed by atoms with Gasteiger partial charge in [-0.05, 0) is 0 Å². The van der Waals surface area contributed by atoms with Crippen molar-refractivity contribution in [3.8, 4) is 0 Å². The summed E-state index contributed by atoms with van der Waals surface area (Å²) in [5.74, 6) is -0.931. The molecule has 3 amide bonds. The Hall–Kier alpha value is -0.450. The number of halogens is 3. The number of primary amides is 1. The number of hydrogen-bond donors (Lipinski definition) is 2. The second-order valence-electron chi connectivity index (χ2n) is 1.39. The molecule has 0 aliphatic heterocycles. The van der Waals surface area contributed by atoms with Crippen LogP contribution in [0.25, 0.3) is 0 Å². The largest absolute Gasteiger partial charge is 0.351 e. The molecule has 3 N–H and O–H groups in total. The van der Waals surface area contributed by atoms with Gasteiger partial charge < -0.3 is 5.73 Å². The summed E-state index contributed by atoms with van der Waals surface area (Å²) >= 11 is 15.4. The minimum atomic E-state index is -1.03. The summed E-state index contributed by atoms with van der Waals surface area (Å²) in [6.07, 6.45) is 0. The minimum Gasteiger partial charge on any atom is -0.351 e. The van der Waals surface area contributed by atoms with E-state index in [4.69, 9.17) is 34.8 Å². The van der Waals surface area contributed by atoms with Crippen LogP contribution in [0.1, 0.15) is 0 Å². The lowest BCUT2D eigenvalue weighted by Crippen LogP contribution is -2.35. The molecule has 11 heavy (non-hydrogen) atoms. The Kier molecular flexibility index (Phi) is 4.25. The molecule has 0 aromatic heterocycles. The third-order valence-corrected chi connectivity index (χ3v) is 1.53. The number of hydrogen-bond acceptors (Lipinski definition) is 2. The van der Waals surface area contributed by atoms with Crippen molar-refractivity contribution in [3.05, 3.63) is 9.52 Å². The molecular formula is C4H3Cl3N2O2. The number of nitrogens with two attached hydrogens (primary N) is 1. The molecule has 0 aromatic rings. The van der Waals surface area contributed by atoms with Gasteiger partial charge in [0.1, 0.15) is 9.52 Å². The maximum atomic E-state index is 10.6. The van der Waals surface area contributed by atoms with Gasteiger partial charge in [-0.15, -0.1) is 0 Å². The fourth-order valence-electron chi connectivity index (χ4n) is 0.253. The van der Waals surface area contributed by atoms with Gasteiger partial charge in [0.05, 0.1) is 0 Å². The molecule has 4 nitrogen and oxygen atoms in total. The van der Waals surface area contributed by atoms with Crippen LogP contribution in [0.3, 0.4) is 0 Å². The molecule has 0 aromatic carbocycles. The van der Waals surface area contributed by atoms with E-state index in [1.165, 1.54) is 0 Å². The van der Waals surface area contributed by atoms with E-state index >= 15 is 0 Å². The Bertz CT molecular complexity index is 221. The molecule has 0 aliphatic rings. The average Bonchev–Trinajstić information content (AvgIpc) is 1.84. The quantitative estimate of drug-likeness (QED) is 0.645. The van der Waals surface area contributed by atoms with E-state index in [1.807, 2.05) is 0 Å². The van der Waals surface area contributed by atoms with Crippen LogP contribution in [0, 0.1) is 0 Å². The maximum absolute atomic E-state index is 10.6. The van der Waals surface area contributed by atoms with Gasteiger partial charge in [-0.25, -0.2) is 4.79 Å². The molecule has 62 valence electrons. The highest BCUT2D eigenvalue weighted by Crippen LogP contribution is 2.17. The molecule has 0 bridgehead atoms. The van der Waals surface area contributed by atoms with Gasteiger partial charge in [0.15, 0.2) is 0 Å². The first-order valence-corrected chi connectivity index (χ1v) is 3.40. The first-order valence-electron chi connectivity index (χ1n) is 2.26. The Balaban J connectivity index is 4.28. The Morgan fingerprint density at radius 2 is 1.64 bits per heavy atom. The van der Waals surface area contributed by atoms with Crippen molar-refractivity contribution in [2.75, 3.05) is 0 Å². The van der Waals surface area contributed by atoms with E-state index in [0.717, 1.165) is 0 Å². The summed E-state index contributed by atoms with van der Waals surface area (Å²) in [7, 11) is 0. The number of nitrogens with one attached hydrogen (secondary N) is 1. The zero-order valence-electron chi connectivity index (χ0n) is 5.03. The molecule has 0 rings (SSSR count). The van der Waals surface area contributed by atoms with E-state index in [0.29, 0.717) is 0 Å². The molecule has 0 aliphatic carbocycles. The van der Waals surface area contributed by atoms with E-state index < -0.39 is 21.5 Å². The highest BCUT2D eigenvalue weighted by atomic mass is 35.5. The average molecular weight is 217 g/mol. The van der Waals surface area contributed by atoms with Gasteiger partial charge in [0.2, 0.25) is 0 Å². The first kappa shape index (κ1) is 10.6. The number of urea groups is 1. The fraction of sp³-hybridized carbons (Fsp3) is 0. The van der Waals surface area contributed by atoms with Gasteiger partial charge in [0, 0.05) is 0 Å². The lowest BCUT2D eigenvalue weighted by Gasteiger charge is -1.97. The highest BCUT2D eigenvalue weighted by molar-refractivity contribution is 6.62. The standard InChI is InChI=1S/C4H3Cl3N2O2/c5-1(2(6)7)3(10)9-4(8)11/h(H3,8,9,10,11). The number of carbonyl (C=O) groups excluding carboxylic acids is 2. The van der Waals surface area contributed by atoms with Crippen LogP contribution in [0.15, 0.2) is 9.52 Å². The maximum Gasteiger partial charge on any atom is 0.319 e. The van der Waals surface area contributed by atoms with Crippen molar-refractivity contribution in [2.24, 2.45) is 5.73 Å². The summed E-state index contributed by atoms with van der Waals surface area (Å²) in [5, 5.41) is 1.19. The van der Waals surface area contributed by atoms with Crippen molar-refractivity contribution in [1.82, 2.24) is 5.32 Å². The number of imide groups is 1. The van der Waals surface area contributed by atoms with Crippen molar-refractivity contribution < 1.29 is 9.59 Å². The van der Waals surface area contributed by atoms with E-state index in [9.17, 15) is 9.59 Å². The summed E-state index contributed by atoms with van der Waals surface area (Å²) in [5.41, 5.74) is 4.59. The molecule has 7 heteroatoms. The van der Waals surface area contributed by atoms with Crippen molar-refractivity contribution >= 4 is 46.7 Å². The third-order valence-electron chi connectivity index (χ3n) is 0.602. The van der Waals surface area contributed by atoms with Gasteiger partial charge in [0.25, 0.3) is 5.91 Å². The van der Waals surface area contributed by atoms with Crippen LogP contribution in [0.4, 0.5) is 4.79 Å². The SMILES string of the molecule is NC(=O)NC(=O)C(Cl)=C(Cl)Cl. The second-order valence-corrected chi connectivity index (χ2v) is 2.72. The number of rotatable bonds is 1. The van der Waals surface area contributed by atoms with Gasteiger partial charge in [-0.2, -0.15) is 0 Å². The molecule has 0 unspecified atom stereocenters. The Labute approximate surface area is 77.3 Å². The summed E-state index contributed by atoms with van der Waals surface area (Å²) < 4.78 is -0.426. The van der Waals surface area contributed by atoms with E-state index in [2.05, 4.69) is 5.73 Å². The van der Waals surface area contributed by atoms with Gasteiger partial charge in [-0.1, -0.05) is 34.8 Å². The van der Waals surface area contributed by atoms with Crippen LogP contribution < -0.4 is 11.1 Å². The zero-order chi connectivity index (χ0) is 9.02. The normalized spacial score (nSPS) is 8.64. The topological polar surface area (TPSA) is 72.2 Å². The summed E-state index contributed by atoms with van der Waals surface area (Å²) in [6.45, 7) is 0. The fourth-order valence-corrected chi connectivity index (χ4v) is 0.471. The molecule has 0 spiro atoms.